The molecule has 1 N–H and O–H groups in total. The van der Waals surface area contributed by atoms with E-state index in [2.05, 4.69) is 33.0 Å². The van der Waals surface area contributed by atoms with Crippen LogP contribution in [-0.4, -0.2) is 17.5 Å². The highest BCUT2D eigenvalue weighted by Crippen LogP contribution is 2.27. The summed E-state index contributed by atoms with van der Waals surface area (Å²) in [5, 5.41) is 14.7. The minimum atomic E-state index is -0.276. The first-order valence-corrected chi connectivity index (χ1v) is 7.23. The second kappa shape index (κ2) is 6.84. The van der Waals surface area contributed by atoms with Gasteiger partial charge in [-0.05, 0) is 37.3 Å². The van der Waals surface area contributed by atoms with Crippen LogP contribution in [0.2, 0.25) is 0 Å². The van der Waals surface area contributed by atoms with E-state index in [0.29, 0.717) is 6.42 Å². The molecule has 112 valence electrons. The summed E-state index contributed by atoms with van der Waals surface area (Å²) in [4.78, 5) is 10.9. The van der Waals surface area contributed by atoms with Crippen molar-refractivity contribution in [2.24, 2.45) is 5.41 Å². The van der Waals surface area contributed by atoms with E-state index in [9.17, 15) is 10.1 Å². The maximum atomic E-state index is 11.2. The average Bonchev–Trinajstić information content (AvgIpc) is 2.34. The maximum absolute atomic E-state index is 11.2. The lowest BCUT2D eigenvalue weighted by atomic mass is 9.82. The first-order chi connectivity index (χ1) is 9.25. The minimum Gasteiger partial charge on any atom is -0.313 e. The van der Waals surface area contributed by atoms with Crippen LogP contribution >= 0.6 is 0 Å². The van der Waals surface area contributed by atoms with Crippen molar-refractivity contribution in [1.29, 1.82) is 0 Å². The second-order valence-corrected chi connectivity index (χ2v) is 6.47. The van der Waals surface area contributed by atoms with Crippen molar-refractivity contribution in [1.82, 2.24) is 5.32 Å². The molecule has 0 aromatic heterocycles. The van der Waals surface area contributed by atoms with Crippen molar-refractivity contribution in [3.8, 4) is 0 Å². The molecule has 0 bridgehead atoms. The van der Waals surface area contributed by atoms with Gasteiger partial charge in [0.1, 0.15) is 0 Å². The zero-order valence-corrected chi connectivity index (χ0v) is 13.2. The topological polar surface area (TPSA) is 55.2 Å². The van der Waals surface area contributed by atoms with Gasteiger partial charge in [0.05, 0.1) is 4.92 Å². The highest BCUT2D eigenvalue weighted by Gasteiger charge is 2.26. The molecule has 1 aromatic rings. The van der Waals surface area contributed by atoms with Crippen LogP contribution in [0.3, 0.4) is 0 Å². The van der Waals surface area contributed by atoms with Gasteiger partial charge in [0.15, 0.2) is 0 Å². The number of nitro groups is 1. The van der Waals surface area contributed by atoms with Crippen LogP contribution in [0.5, 0.6) is 0 Å². The summed E-state index contributed by atoms with van der Waals surface area (Å²) in [5.74, 6) is 0. The lowest BCUT2D eigenvalue weighted by Gasteiger charge is -2.31. The molecule has 0 saturated carbocycles. The Bertz CT molecular complexity index is 464. The van der Waals surface area contributed by atoms with Crippen molar-refractivity contribution in [3.05, 3.63) is 39.4 Å². The Morgan fingerprint density at radius 3 is 2.50 bits per heavy atom. The molecule has 4 nitrogen and oxygen atoms in total. The van der Waals surface area contributed by atoms with Crippen molar-refractivity contribution in [3.63, 3.8) is 0 Å². The van der Waals surface area contributed by atoms with Crippen molar-refractivity contribution in [2.45, 2.75) is 53.5 Å². The summed E-state index contributed by atoms with van der Waals surface area (Å²) < 4.78 is 0. The average molecular weight is 278 g/mol. The normalized spacial score (nSPS) is 13.2. The third-order valence-corrected chi connectivity index (χ3v) is 3.55. The van der Waals surface area contributed by atoms with Gasteiger partial charge in [-0.3, -0.25) is 10.1 Å². The van der Waals surface area contributed by atoms with Gasteiger partial charge in [0, 0.05) is 17.7 Å². The van der Waals surface area contributed by atoms with Crippen molar-refractivity contribution < 1.29 is 4.92 Å². The second-order valence-electron chi connectivity index (χ2n) is 6.47. The van der Waals surface area contributed by atoms with E-state index in [1.165, 1.54) is 0 Å². The quantitative estimate of drug-likeness (QED) is 0.635. The SMILES string of the molecule is CCCNC(Cc1ccc(C)cc1[N+](=O)[O-])C(C)(C)C. The molecule has 0 radical (unpaired) electrons. The van der Waals surface area contributed by atoms with Crippen LogP contribution in [0.4, 0.5) is 5.69 Å². The number of nitro benzene ring substituents is 1. The first kappa shape index (κ1) is 16.6. The molecule has 0 spiro atoms. The molecule has 0 fully saturated rings. The van der Waals surface area contributed by atoms with E-state index in [4.69, 9.17) is 0 Å². The van der Waals surface area contributed by atoms with Gasteiger partial charge in [-0.1, -0.05) is 39.8 Å². The highest BCUT2D eigenvalue weighted by atomic mass is 16.6. The van der Waals surface area contributed by atoms with Gasteiger partial charge in [-0.2, -0.15) is 0 Å². The molecule has 0 aliphatic rings. The van der Waals surface area contributed by atoms with Crippen molar-refractivity contribution >= 4 is 5.69 Å². The standard InChI is InChI=1S/C16H26N2O2/c1-6-9-17-15(16(3,4)5)11-13-8-7-12(2)10-14(13)18(19)20/h7-8,10,15,17H,6,9,11H2,1-5H3. The van der Waals surface area contributed by atoms with Crippen LogP contribution < -0.4 is 5.32 Å². The van der Waals surface area contributed by atoms with Crippen LogP contribution in [0.15, 0.2) is 18.2 Å². The largest absolute Gasteiger partial charge is 0.313 e. The third-order valence-electron chi connectivity index (χ3n) is 3.55. The van der Waals surface area contributed by atoms with Crippen LogP contribution in [0.1, 0.15) is 45.2 Å². The molecular formula is C16H26N2O2. The summed E-state index contributed by atoms with van der Waals surface area (Å²) in [6, 6.07) is 5.72. The smallest absolute Gasteiger partial charge is 0.272 e. The van der Waals surface area contributed by atoms with Crippen molar-refractivity contribution in [2.75, 3.05) is 6.54 Å². The number of nitrogens with zero attached hydrogens (tertiary/aromatic N) is 1. The van der Waals surface area contributed by atoms with E-state index >= 15 is 0 Å². The first-order valence-electron chi connectivity index (χ1n) is 7.23. The Morgan fingerprint density at radius 1 is 1.35 bits per heavy atom. The van der Waals surface area contributed by atoms with E-state index in [0.717, 1.165) is 24.1 Å². The van der Waals surface area contributed by atoms with Crippen LogP contribution in [0.25, 0.3) is 0 Å². The molecular weight excluding hydrogens is 252 g/mol. The highest BCUT2D eigenvalue weighted by molar-refractivity contribution is 5.43. The van der Waals surface area contributed by atoms with Gasteiger partial charge >= 0.3 is 0 Å². The number of hydrogen-bond donors (Lipinski definition) is 1. The Hall–Kier alpha value is -1.42. The van der Waals surface area contributed by atoms with Gasteiger partial charge in [-0.15, -0.1) is 0 Å². The summed E-state index contributed by atoms with van der Waals surface area (Å²) in [6.07, 6.45) is 1.74. The molecule has 0 aliphatic heterocycles. The number of benzene rings is 1. The van der Waals surface area contributed by atoms with Crippen LogP contribution in [0, 0.1) is 22.5 Å². The Labute approximate surface area is 121 Å². The summed E-state index contributed by atoms with van der Waals surface area (Å²) in [7, 11) is 0. The Morgan fingerprint density at radius 2 is 2.00 bits per heavy atom. The molecule has 1 unspecified atom stereocenters. The summed E-state index contributed by atoms with van der Waals surface area (Å²) in [5.41, 5.74) is 2.03. The fraction of sp³-hybridized carbons (Fsp3) is 0.625. The van der Waals surface area contributed by atoms with Gasteiger partial charge in [0.25, 0.3) is 5.69 Å². The molecule has 1 aromatic carbocycles. The lowest BCUT2D eigenvalue weighted by Crippen LogP contribution is -2.42. The fourth-order valence-corrected chi connectivity index (χ4v) is 2.24. The fourth-order valence-electron chi connectivity index (χ4n) is 2.24. The number of hydrogen-bond acceptors (Lipinski definition) is 3. The Kier molecular flexibility index (Phi) is 5.69. The van der Waals surface area contributed by atoms with Gasteiger partial charge in [0.2, 0.25) is 0 Å². The van der Waals surface area contributed by atoms with E-state index in [-0.39, 0.29) is 22.1 Å². The molecule has 1 atom stereocenters. The predicted molar refractivity (Wildman–Crippen MR) is 83.1 cm³/mol. The van der Waals surface area contributed by atoms with Gasteiger partial charge in [-0.25, -0.2) is 0 Å². The van der Waals surface area contributed by atoms with E-state index in [1.807, 2.05) is 19.1 Å². The maximum Gasteiger partial charge on any atom is 0.272 e. The number of rotatable bonds is 6. The Balaban J connectivity index is 3.01. The summed E-state index contributed by atoms with van der Waals surface area (Å²) >= 11 is 0. The van der Waals surface area contributed by atoms with E-state index in [1.54, 1.807) is 6.07 Å². The monoisotopic (exact) mass is 278 g/mol. The van der Waals surface area contributed by atoms with Crippen LogP contribution in [-0.2, 0) is 6.42 Å². The minimum absolute atomic E-state index is 0.0634. The van der Waals surface area contributed by atoms with Gasteiger partial charge < -0.3 is 5.32 Å². The summed E-state index contributed by atoms with van der Waals surface area (Å²) in [6.45, 7) is 11.4. The predicted octanol–water partition coefficient (Wildman–Crippen LogP) is 3.86. The molecule has 0 heterocycles. The zero-order valence-electron chi connectivity index (χ0n) is 13.2. The number of nitrogens with one attached hydrogen (secondary N) is 1. The molecule has 0 aliphatic carbocycles. The number of aryl methyl sites for hydroxylation is 1. The lowest BCUT2D eigenvalue weighted by molar-refractivity contribution is -0.385. The molecule has 1 rings (SSSR count). The zero-order chi connectivity index (χ0) is 15.3. The molecule has 0 saturated heterocycles. The molecule has 20 heavy (non-hydrogen) atoms. The third kappa shape index (κ3) is 4.60. The van der Waals surface area contributed by atoms with E-state index < -0.39 is 0 Å². The molecule has 0 amide bonds. The molecule has 4 heteroatoms.